The van der Waals surface area contributed by atoms with E-state index in [9.17, 15) is 8.42 Å². The molecule has 1 heterocycles. The van der Waals surface area contributed by atoms with Crippen molar-refractivity contribution in [3.63, 3.8) is 0 Å². The van der Waals surface area contributed by atoms with E-state index in [1.54, 1.807) is 0 Å². The van der Waals surface area contributed by atoms with Gasteiger partial charge in [-0.3, -0.25) is 4.55 Å². The van der Waals surface area contributed by atoms with Crippen LogP contribution in [0.5, 0.6) is 0 Å². The van der Waals surface area contributed by atoms with E-state index in [4.69, 9.17) is 27.8 Å². The third-order valence-corrected chi connectivity index (χ3v) is 3.51. The molecule has 0 spiro atoms. The Bertz CT molecular complexity index is 372. The molecule has 1 rings (SSSR count). The zero-order chi connectivity index (χ0) is 8.65. The van der Waals surface area contributed by atoms with Gasteiger partial charge in [0.25, 0.3) is 10.1 Å². The van der Waals surface area contributed by atoms with Crippen molar-refractivity contribution in [2.24, 2.45) is 0 Å². The van der Waals surface area contributed by atoms with Crippen molar-refractivity contribution in [1.82, 2.24) is 0 Å². The van der Waals surface area contributed by atoms with Crippen molar-refractivity contribution < 1.29 is 13.0 Å². The molecular weight excluding hydrogens is 270 g/mol. The maximum absolute atomic E-state index is 10.5. The quantitative estimate of drug-likeness (QED) is 0.625. The van der Waals surface area contributed by atoms with Crippen LogP contribution in [0.3, 0.4) is 0 Å². The summed E-state index contributed by atoms with van der Waals surface area (Å²) in [4.78, 5) is -0.339. The Morgan fingerprint density at radius 2 is 1.92 bits per heavy atom. The van der Waals surface area contributed by atoms with Crippen LogP contribution < -0.4 is 0 Å². The molecule has 8 heteroatoms. The first-order valence-corrected chi connectivity index (χ1v) is 5.35. The van der Waals surface area contributed by atoms with E-state index in [2.05, 4.69) is 0 Å². The molecule has 0 atom stereocenters. The summed E-state index contributed by atoms with van der Waals surface area (Å²) >= 11 is 11.7. The SMILES string of the molecule is O=S(=O)(O)c1cc(Cl)sc1Cl.[KH]. The summed E-state index contributed by atoms with van der Waals surface area (Å²) in [6, 6.07) is 1.10. The third kappa shape index (κ3) is 3.53. The van der Waals surface area contributed by atoms with Crippen LogP contribution >= 0.6 is 34.5 Å². The van der Waals surface area contributed by atoms with Gasteiger partial charge in [0.05, 0.1) is 4.34 Å². The van der Waals surface area contributed by atoms with Gasteiger partial charge in [0.15, 0.2) is 0 Å². The molecule has 0 amide bonds. The van der Waals surface area contributed by atoms with Crippen molar-refractivity contribution in [1.29, 1.82) is 0 Å². The number of hydrogen-bond acceptors (Lipinski definition) is 3. The monoisotopic (exact) mass is 272 g/mol. The van der Waals surface area contributed by atoms with Gasteiger partial charge in [0.1, 0.15) is 9.23 Å². The van der Waals surface area contributed by atoms with E-state index in [0.717, 1.165) is 17.4 Å². The molecule has 3 nitrogen and oxygen atoms in total. The molecule has 1 N–H and O–H groups in total. The topological polar surface area (TPSA) is 54.4 Å². The fraction of sp³-hybridized carbons (Fsp3) is 0. The second kappa shape index (κ2) is 5.06. The normalized spacial score (nSPS) is 10.9. The van der Waals surface area contributed by atoms with Gasteiger partial charge in [0.2, 0.25) is 0 Å². The van der Waals surface area contributed by atoms with E-state index in [-0.39, 0.29) is 65.0 Å². The van der Waals surface area contributed by atoms with Crippen molar-refractivity contribution in [2.45, 2.75) is 4.90 Å². The minimum absolute atomic E-state index is 0. The Labute approximate surface area is 126 Å². The first kappa shape index (κ1) is 13.8. The van der Waals surface area contributed by atoms with E-state index in [1.165, 1.54) is 0 Å². The molecule has 0 unspecified atom stereocenters. The molecule has 1 aromatic rings. The molecule has 0 radical (unpaired) electrons. The molecule has 0 aliphatic rings. The van der Waals surface area contributed by atoms with Gasteiger partial charge in [-0.05, 0) is 6.07 Å². The Balaban J connectivity index is 0.00000121. The van der Waals surface area contributed by atoms with Gasteiger partial charge in [0, 0.05) is 0 Å². The third-order valence-electron chi connectivity index (χ3n) is 0.903. The zero-order valence-corrected chi connectivity index (χ0v) is 8.06. The number of halogens is 2. The van der Waals surface area contributed by atoms with Crippen LogP contribution in [0.1, 0.15) is 0 Å². The second-order valence-electron chi connectivity index (χ2n) is 1.66. The Morgan fingerprint density at radius 3 is 2.08 bits per heavy atom. The summed E-state index contributed by atoms with van der Waals surface area (Å²) in [5.41, 5.74) is 0. The Kier molecular flexibility index (Phi) is 5.83. The first-order chi connectivity index (χ1) is 4.91. The van der Waals surface area contributed by atoms with E-state index < -0.39 is 10.1 Å². The molecule has 64 valence electrons. The summed E-state index contributed by atoms with van der Waals surface area (Å²) in [6.45, 7) is 0. The fourth-order valence-electron chi connectivity index (χ4n) is 0.501. The summed E-state index contributed by atoms with van der Waals surface area (Å²) in [5.74, 6) is 0. The Morgan fingerprint density at radius 1 is 1.42 bits per heavy atom. The van der Waals surface area contributed by atoms with Crippen molar-refractivity contribution >= 4 is 96.0 Å². The van der Waals surface area contributed by atoms with E-state index in [0.29, 0.717) is 0 Å². The number of hydrogen-bond donors (Lipinski definition) is 1. The van der Waals surface area contributed by atoms with Gasteiger partial charge in [-0.1, -0.05) is 23.2 Å². The molecule has 0 aliphatic heterocycles. The first-order valence-electron chi connectivity index (χ1n) is 2.33. The summed E-state index contributed by atoms with van der Waals surface area (Å²) in [7, 11) is -4.22. The number of rotatable bonds is 1. The van der Waals surface area contributed by atoms with Crippen LogP contribution in [0.2, 0.25) is 8.67 Å². The van der Waals surface area contributed by atoms with Crippen LogP contribution in [0, 0.1) is 0 Å². The van der Waals surface area contributed by atoms with Gasteiger partial charge >= 0.3 is 51.4 Å². The molecule has 0 saturated carbocycles. The van der Waals surface area contributed by atoms with Gasteiger partial charge < -0.3 is 0 Å². The van der Waals surface area contributed by atoms with Gasteiger partial charge in [-0.2, -0.15) is 8.42 Å². The molecule has 0 aliphatic carbocycles. The van der Waals surface area contributed by atoms with E-state index >= 15 is 0 Å². The maximum atomic E-state index is 10.5. The zero-order valence-electron chi connectivity index (χ0n) is 4.91. The number of thiophene rings is 1. The molecule has 0 saturated heterocycles. The van der Waals surface area contributed by atoms with Crippen LogP contribution in [0.25, 0.3) is 0 Å². The molecule has 0 fully saturated rings. The van der Waals surface area contributed by atoms with Crippen LogP contribution in [0.4, 0.5) is 0 Å². The summed E-state index contributed by atoms with van der Waals surface area (Å²) in [5, 5.41) is 0. The molecule has 0 aromatic carbocycles. The summed E-state index contributed by atoms with van der Waals surface area (Å²) in [6.07, 6.45) is 0. The predicted molar refractivity (Wildman–Crippen MR) is 51.3 cm³/mol. The summed E-state index contributed by atoms with van der Waals surface area (Å²) < 4.78 is 29.7. The average molecular weight is 273 g/mol. The molecular formula is C4H3Cl2KO3S2. The average Bonchev–Trinajstić information content (AvgIpc) is 2.08. The van der Waals surface area contributed by atoms with Crippen LogP contribution in [-0.2, 0) is 10.1 Å². The van der Waals surface area contributed by atoms with Crippen LogP contribution in [-0.4, -0.2) is 64.4 Å². The second-order valence-corrected chi connectivity index (χ2v) is 5.34. The van der Waals surface area contributed by atoms with Gasteiger partial charge in [-0.15, -0.1) is 11.3 Å². The Hall–Kier alpha value is 1.83. The van der Waals surface area contributed by atoms with E-state index in [1.807, 2.05) is 0 Å². The molecule has 12 heavy (non-hydrogen) atoms. The van der Waals surface area contributed by atoms with Crippen molar-refractivity contribution in [3.8, 4) is 0 Å². The molecule has 1 aromatic heterocycles. The minimum atomic E-state index is -4.22. The fourth-order valence-corrected chi connectivity index (χ4v) is 3.11. The standard InChI is InChI=1S/C4H2Cl2O3S2.K.H/c5-3-1-2(4(6)10-3)11(7,8)9;;/h1H,(H,7,8,9);;. The van der Waals surface area contributed by atoms with Gasteiger partial charge in [-0.25, -0.2) is 0 Å². The molecule has 0 bridgehead atoms. The van der Waals surface area contributed by atoms with Crippen molar-refractivity contribution in [3.05, 3.63) is 14.7 Å². The van der Waals surface area contributed by atoms with Crippen molar-refractivity contribution in [2.75, 3.05) is 0 Å². The predicted octanol–water partition coefficient (Wildman–Crippen LogP) is 1.65. The van der Waals surface area contributed by atoms with Crippen LogP contribution in [0.15, 0.2) is 11.0 Å².